The molecule has 2 nitrogen and oxygen atoms in total. The van der Waals surface area contributed by atoms with E-state index in [0.29, 0.717) is 5.02 Å². The molecule has 2 N–H and O–H groups in total. The quantitative estimate of drug-likeness (QED) is 0.811. The summed E-state index contributed by atoms with van der Waals surface area (Å²) in [7, 11) is 0. The maximum Gasteiger partial charge on any atom is 0.0940 e. The van der Waals surface area contributed by atoms with Gasteiger partial charge in [-0.2, -0.15) is 0 Å². The summed E-state index contributed by atoms with van der Waals surface area (Å²) in [5.41, 5.74) is 0.899. The highest BCUT2D eigenvalue weighted by Gasteiger charge is 2.14. The molecule has 0 aliphatic heterocycles. The lowest BCUT2D eigenvalue weighted by Gasteiger charge is -2.20. The highest BCUT2D eigenvalue weighted by atomic mass is 35.5. The van der Waals surface area contributed by atoms with Crippen molar-refractivity contribution in [3.8, 4) is 0 Å². The summed E-state index contributed by atoms with van der Waals surface area (Å²) in [4.78, 5) is 0. The van der Waals surface area contributed by atoms with E-state index in [1.807, 2.05) is 19.1 Å². The summed E-state index contributed by atoms with van der Waals surface area (Å²) in [6, 6.07) is 7.37. The van der Waals surface area contributed by atoms with Gasteiger partial charge >= 0.3 is 0 Å². The summed E-state index contributed by atoms with van der Waals surface area (Å²) in [5, 5.41) is 14.0. The number of hydrogen-bond donors (Lipinski definition) is 2. The molecular weight excluding hydrogens is 210 g/mol. The molecule has 0 spiro atoms. The molecule has 1 aromatic carbocycles. The van der Waals surface area contributed by atoms with Gasteiger partial charge in [0.05, 0.1) is 6.10 Å². The Morgan fingerprint density at radius 1 is 1.33 bits per heavy atom. The number of hydrogen-bond acceptors (Lipinski definition) is 2. The van der Waals surface area contributed by atoms with Crippen LogP contribution >= 0.6 is 11.6 Å². The average molecular weight is 228 g/mol. The van der Waals surface area contributed by atoms with E-state index in [2.05, 4.69) is 12.2 Å². The van der Waals surface area contributed by atoms with Crippen LogP contribution in [0.5, 0.6) is 0 Å². The van der Waals surface area contributed by atoms with Crippen LogP contribution in [-0.4, -0.2) is 17.7 Å². The number of nitrogens with one attached hydrogen (secondary N) is 1. The van der Waals surface area contributed by atoms with E-state index >= 15 is 0 Å². The van der Waals surface area contributed by atoms with Crippen LogP contribution in [0, 0.1) is 0 Å². The summed E-state index contributed by atoms with van der Waals surface area (Å²) >= 11 is 5.78. The summed E-state index contributed by atoms with van der Waals surface area (Å²) in [6.45, 7) is 5.01. The molecule has 2 unspecified atom stereocenters. The molecule has 1 aromatic rings. The van der Waals surface area contributed by atoms with Gasteiger partial charge in [-0.1, -0.05) is 30.7 Å². The van der Waals surface area contributed by atoms with Crippen LogP contribution in [0.4, 0.5) is 0 Å². The Kier molecular flexibility index (Phi) is 5.09. The highest BCUT2D eigenvalue weighted by molar-refractivity contribution is 6.30. The number of aliphatic hydroxyl groups excluding tert-OH is 1. The standard InChI is InChI=1S/C12H18ClNO/c1-3-8-14-9(2)12(15)10-4-6-11(13)7-5-10/h4-7,9,12,14-15H,3,8H2,1-2H3. The Balaban J connectivity index is 2.59. The fourth-order valence-electron chi connectivity index (χ4n) is 1.43. The third-order valence-corrected chi connectivity index (χ3v) is 2.65. The van der Waals surface area contributed by atoms with E-state index < -0.39 is 6.10 Å². The average Bonchev–Trinajstić information content (AvgIpc) is 2.26. The first-order chi connectivity index (χ1) is 7.15. The molecule has 0 aromatic heterocycles. The first-order valence-corrected chi connectivity index (χ1v) is 5.70. The number of aliphatic hydroxyl groups is 1. The van der Waals surface area contributed by atoms with Crippen LogP contribution in [0.15, 0.2) is 24.3 Å². The fraction of sp³-hybridized carbons (Fsp3) is 0.500. The van der Waals surface area contributed by atoms with Crippen molar-refractivity contribution in [1.29, 1.82) is 0 Å². The second-order valence-corrected chi connectivity index (χ2v) is 4.18. The molecule has 3 heteroatoms. The minimum absolute atomic E-state index is 0.0612. The molecule has 0 saturated heterocycles. The van der Waals surface area contributed by atoms with Crippen molar-refractivity contribution in [3.63, 3.8) is 0 Å². The Morgan fingerprint density at radius 3 is 2.47 bits per heavy atom. The molecule has 0 bridgehead atoms. The topological polar surface area (TPSA) is 32.3 Å². The zero-order chi connectivity index (χ0) is 11.3. The van der Waals surface area contributed by atoms with Gasteiger partial charge in [-0.3, -0.25) is 0 Å². The van der Waals surface area contributed by atoms with Gasteiger partial charge in [-0.05, 0) is 37.6 Å². The van der Waals surface area contributed by atoms with Crippen LogP contribution in [0.3, 0.4) is 0 Å². The molecule has 0 aliphatic carbocycles. The molecule has 0 aliphatic rings. The lowest BCUT2D eigenvalue weighted by atomic mass is 10.0. The Labute approximate surface area is 96.3 Å². The van der Waals surface area contributed by atoms with Gasteiger partial charge < -0.3 is 10.4 Å². The summed E-state index contributed by atoms with van der Waals surface area (Å²) in [6.07, 6.45) is 0.589. The van der Waals surface area contributed by atoms with Gasteiger partial charge in [-0.25, -0.2) is 0 Å². The smallest absolute Gasteiger partial charge is 0.0940 e. The largest absolute Gasteiger partial charge is 0.387 e. The first-order valence-electron chi connectivity index (χ1n) is 5.32. The maximum absolute atomic E-state index is 10.0. The van der Waals surface area contributed by atoms with Crippen molar-refractivity contribution in [1.82, 2.24) is 5.32 Å². The van der Waals surface area contributed by atoms with Gasteiger partial charge in [0.15, 0.2) is 0 Å². The number of halogens is 1. The zero-order valence-corrected chi connectivity index (χ0v) is 9.96. The van der Waals surface area contributed by atoms with Crippen molar-refractivity contribution < 1.29 is 5.11 Å². The third kappa shape index (κ3) is 3.82. The van der Waals surface area contributed by atoms with Gasteiger partial charge in [0.2, 0.25) is 0 Å². The van der Waals surface area contributed by atoms with Crippen LogP contribution in [0.2, 0.25) is 5.02 Å². The number of rotatable bonds is 5. The molecular formula is C12H18ClNO. The minimum atomic E-state index is -0.478. The Bertz CT molecular complexity index is 286. The van der Waals surface area contributed by atoms with Crippen molar-refractivity contribution in [3.05, 3.63) is 34.9 Å². The second kappa shape index (κ2) is 6.11. The van der Waals surface area contributed by atoms with Crippen molar-refractivity contribution in [2.24, 2.45) is 0 Å². The summed E-state index contributed by atoms with van der Waals surface area (Å²) in [5.74, 6) is 0. The lowest BCUT2D eigenvalue weighted by Crippen LogP contribution is -2.32. The van der Waals surface area contributed by atoms with Crippen LogP contribution < -0.4 is 5.32 Å². The Hall–Kier alpha value is -0.570. The second-order valence-electron chi connectivity index (χ2n) is 3.74. The van der Waals surface area contributed by atoms with Crippen molar-refractivity contribution >= 4 is 11.6 Å². The normalized spacial score (nSPS) is 14.9. The Morgan fingerprint density at radius 2 is 1.93 bits per heavy atom. The molecule has 2 atom stereocenters. The minimum Gasteiger partial charge on any atom is -0.387 e. The lowest BCUT2D eigenvalue weighted by molar-refractivity contribution is 0.136. The highest BCUT2D eigenvalue weighted by Crippen LogP contribution is 2.19. The maximum atomic E-state index is 10.0. The molecule has 1 rings (SSSR count). The zero-order valence-electron chi connectivity index (χ0n) is 9.20. The van der Waals surface area contributed by atoms with E-state index in [0.717, 1.165) is 18.5 Å². The summed E-state index contributed by atoms with van der Waals surface area (Å²) < 4.78 is 0. The fourth-order valence-corrected chi connectivity index (χ4v) is 1.56. The van der Waals surface area contributed by atoms with Gasteiger partial charge in [0.25, 0.3) is 0 Å². The van der Waals surface area contributed by atoms with E-state index in [-0.39, 0.29) is 6.04 Å². The molecule has 0 saturated carbocycles. The molecule has 15 heavy (non-hydrogen) atoms. The van der Waals surface area contributed by atoms with E-state index in [4.69, 9.17) is 11.6 Å². The van der Waals surface area contributed by atoms with Crippen LogP contribution in [-0.2, 0) is 0 Å². The molecule has 0 fully saturated rings. The third-order valence-electron chi connectivity index (χ3n) is 2.40. The molecule has 0 amide bonds. The molecule has 0 radical (unpaired) electrons. The van der Waals surface area contributed by atoms with Crippen LogP contribution in [0.1, 0.15) is 31.9 Å². The predicted octanol–water partition coefficient (Wildman–Crippen LogP) is 2.76. The van der Waals surface area contributed by atoms with E-state index in [1.54, 1.807) is 12.1 Å². The molecule has 84 valence electrons. The van der Waals surface area contributed by atoms with Gasteiger partial charge in [0, 0.05) is 11.1 Å². The monoisotopic (exact) mass is 227 g/mol. The van der Waals surface area contributed by atoms with E-state index in [1.165, 1.54) is 0 Å². The number of benzene rings is 1. The van der Waals surface area contributed by atoms with E-state index in [9.17, 15) is 5.11 Å². The van der Waals surface area contributed by atoms with Crippen LogP contribution in [0.25, 0.3) is 0 Å². The predicted molar refractivity (Wildman–Crippen MR) is 64.2 cm³/mol. The van der Waals surface area contributed by atoms with Crippen molar-refractivity contribution in [2.45, 2.75) is 32.4 Å². The van der Waals surface area contributed by atoms with Gasteiger partial charge in [0.1, 0.15) is 0 Å². The molecule has 0 heterocycles. The van der Waals surface area contributed by atoms with Crippen molar-refractivity contribution in [2.75, 3.05) is 6.54 Å². The van der Waals surface area contributed by atoms with Gasteiger partial charge in [-0.15, -0.1) is 0 Å². The SMILES string of the molecule is CCCNC(C)C(O)c1ccc(Cl)cc1. The first kappa shape index (κ1) is 12.5.